The Balaban J connectivity index is 1.41. The van der Waals surface area contributed by atoms with E-state index in [0.717, 1.165) is 30.6 Å². The predicted octanol–water partition coefficient (Wildman–Crippen LogP) is 2.62. The van der Waals surface area contributed by atoms with Crippen molar-refractivity contribution in [1.29, 1.82) is 5.26 Å². The summed E-state index contributed by atoms with van der Waals surface area (Å²) >= 11 is 1.42. The number of aryl methyl sites for hydroxylation is 2. The maximum absolute atomic E-state index is 11.9. The zero-order chi connectivity index (χ0) is 17.9. The van der Waals surface area contributed by atoms with Crippen LogP contribution >= 0.6 is 11.8 Å². The highest BCUT2D eigenvalue weighted by atomic mass is 32.2. The van der Waals surface area contributed by atoms with Gasteiger partial charge in [0.25, 0.3) is 5.91 Å². The number of carbonyl (C=O) groups is 2. The van der Waals surface area contributed by atoms with Crippen molar-refractivity contribution in [3.8, 4) is 6.07 Å². The number of benzene rings is 1. The number of amides is 1. The molecular weight excluding hydrogens is 336 g/mol. The topological polar surface area (TPSA) is 79.2 Å². The van der Waals surface area contributed by atoms with Crippen LogP contribution in [0, 0.1) is 17.2 Å². The molecule has 1 aromatic rings. The molecule has 0 spiro atoms. The number of nitriles is 1. The molecule has 2 aliphatic carbocycles. The fourth-order valence-corrected chi connectivity index (χ4v) is 3.93. The summed E-state index contributed by atoms with van der Waals surface area (Å²) in [6.45, 7) is 1.38. The van der Waals surface area contributed by atoms with Crippen LogP contribution in [0.5, 0.6) is 0 Å². The molecule has 3 rings (SSSR count). The third-order valence-corrected chi connectivity index (χ3v) is 5.78. The predicted molar refractivity (Wildman–Crippen MR) is 95.0 cm³/mol. The van der Waals surface area contributed by atoms with Crippen LogP contribution in [0.1, 0.15) is 37.3 Å². The minimum atomic E-state index is -0.858. The molecule has 0 heterocycles. The third-order valence-electron chi connectivity index (χ3n) is 4.82. The lowest BCUT2D eigenvalue weighted by Gasteiger charge is -2.22. The number of fused-ring (bicyclic) bond motifs is 1. The first kappa shape index (κ1) is 17.8. The van der Waals surface area contributed by atoms with Crippen molar-refractivity contribution in [2.45, 2.75) is 49.5 Å². The highest BCUT2D eigenvalue weighted by Gasteiger charge is 2.43. The Bertz CT molecular complexity index is 724. The maximum Gasteiger partial charge on any atom is 0.316 e. The summed E-state index contributed by atoms with van der Waals surface area (Å²) in [5, 5.41) is 11.9. The lowest BCUT2D eigenvalue weighted by molar-refractivity contribution is -0.146. The molecule has 0 bridgehead atoms. The molecule has 1 aromatic carbocycles. The molecule has 0 unspecified atom stereocenters. The molecule has 0 aliphatic heterocycles. The Morgan fingerprint density at radius 3 is 2.84 bits per heavy atom. The van der Waals surface area contributed by atoms with Gasteiger partial charge in [-0.25, -0.2) is 0 Å². The van der Waals surface area contributed by atoms with Crippen molar-refractivity contribution < 1.29 is 14.3 Å². The lowest BCUT2D eigenvalue weighted by Crippen LogP contribution is -2.48. The van der Waals surface area contributed by atoms with Gasteiger partial charge in [0.2, 0.25) is 0 Å². The van der Waals surface area contributed by atoms with Crippen molar-refractivity contribution in [2.75, 3.05) is 12.4 Å². The van der Waals surface area contributed by atoms with Gasteiger partial charge in [0, 0.05) is 4.90 Å². The summed E-state index contributed by atoms with van der Waals surface area (Å²) in [4.78, 5) is 24.8. The second kappa shape index (κ2) is 7.49. The minimum Gasteiger partial charge on any atom is -0.455 e. The van der Waals surface area contributed by atoms with Crippen LogP contribution in [0.2, 0.25) is 0 Å². The first-order chi connectivity index (χ1) is 12.0. The Morgan fingerprint density at radius 2 is 2.12 bits per heavy atom. The van der Waals surface area contributed by atoms with Gasteiger partial charge >= 0.3 is 5.97 Å². The average molecular weight is 358 g/mol. The van der Waals surface area contributed by atoms with Crippen LogP contribution < -0.4 is 5.32 Å². The quantitative estimate of drug-likeness (QED) is 0.599. The van der Waals surface area contributed by atoms with E-state index in [4.69, 9.17) is 4.74 Å². The number of ether oxygens (including phenoxy) is 1. The lowest BCUT2D eigenvalue weighted by atomic mass is 9.98. The molecule has 1 saturated carbocycles. The largest absolute Gasteiger partial charge is 0.455 e. The average Bonchev–Trinajstić information content (AvgIpc) is 3.37. The van der Waals surface area contributed by atoms with E-state index in [-0.39, 0.29) is 18.3 Å². The molecule has 0 aromatic heterocycles. The van der Waals surface area contributed by atoms with E-state index < -0.39 is 17.4 Å². The molecular formula is C19H22N2O3S. The number of hydrogen-bond acceptors (Lipinski definition) is 5. The molecule has 0 saturated heterocycles. The Hall–Kier alpha value is -2.00. The minimum absolute atomic E-state index is 0.171. The summed E-state index contributed by atoms with van der Waals surface area (Å²) in [7, 11) is 0. The van der Waals surface area contributed by atoms with E-state index in [1.165, 1.54) is 29.3 Å². The van der Waals surface area contributed by atoms with E-state index in [1.807, 2.05) is 6.07 Å². The maximum atomic E-state index is 11.9. The van der Waals surface area contributed by atoms with E-state index in [2.05, 4.69) is 23.5 Å². The monoisotopic (exact) mass is 358 g/mol. The summed E-state index contributed by atoms with van der Waals surface area (Å²) < 4.78 is 5.03. The van der Waals surface area contributed by atoms with Crippen molar-refractivity contribution in [1.82, 2.24) is 5.32 Å². The molecule has 6 heteroatoms. The Kier molecular flexibility index (Phi) is 5.33. The molecule has 25 heavy (non-hydrogen) atoms. The molecule has 0 radical (unpaired) electrons. The van der Waals surface area contributed by atoms with Crippen LogP contribution in [0.25, 0.3) is 0 Å². The standard InChI is InChI=1S/C19H22N2O3S/c1-19(12-20,15-6-7-15)21-17(22)10-24-18(23)11-25-16-8-5-13-3-2-4-14(13)9-16/h5,8-9,15H,2-4,6-7,10-11H2,1H3,(H,21,22)/t19-/m1/s1. The molecule has 5 nitrogen and oxygen atoms in total. The van der Waals surface area contributed by atoms with Gasteiger partial charge in [0.1, 0.15) is 5.54 Å². The second-order valence-corrected chi connectivity index (χ2v) is 7.92. The molecule has 1 fully saturated rings. The SMILES string of the molecule is C[C@](C#N)(NC(=O)COC(=O)CSc1ccc2c(c1)CCC2)C1CC1. The number of nitrogens with one attached hydrogen (secondary N) is 1. The van der Waals surface area contributed by atoms with Crippen molar-refractivity contribution in [3.63, 3.8) is 0 Å². The molecule has 1 N–H and O–H groups in total. The summed E-state index contributed by atoms with van der Waals surface area (Å²) in [6, 6.07) is 8.45. The smallest absolute Gasteiger partial charge is 0.316 e. The fourth-order valence-electron chi connectivity index (χ4n) is 3.18. The first-order valence-corrected chi connectivity index (χ1v) is 9.61. The van der Waals surface area contributed by atoms with Gasteiger partial charge in [0.05, 0.1) is 11.8 Å². The fraction of sp³-hybridized carbons (Fsp3) is 0.526. The van der Waals surface area contributed by atoms with E-state index in [1.54, 1.807) is 6.92 Å². The first-order valence-electron chi connectivity index (χ1n) is 8.62. The van der Waals surface area contributed by atoms with E-state index in [0.29, 0.717) is 0 Å². The van der Waals surface area contributed by atoms with Gasteiger partial charge in [-0.3, -0.25) is 9.59 Å². The van der Waals surface area contributed by atoms with Gasteiger partial charge in [-0.2, -0.15) is 5.26 Å². The van der Waals surface area contributed by atoms with Gasteiger partial charge in [-0.1, -0.05) is 6.07 Å². The molecule has 2 aliphatic rings. The highest BCUT2D eigenvalue weighted by Crippen LogP contribution is 2.39. The summed E-state index contributed by atoms with van der Waals surface area (Å²) in [5.74, 6) is -0.477. The number of thioether (sulfide) groups is 1. The van der Waals surface area contributed by atoms with Crippen LogP contribution in [0.3, 0.4) is 0 Å². The number of hydrogen-bond donors (Lipinski definition) is 1. The number of esters is 1. The zero-order valence-electron chi connectivity index (χ0n) is 14.3. The van der Waals surface area contributed by atoms with Gasteiger partial charge in [-0.15, -0.1) is 11.8 Å². The number of rotatable bonds is 7. The zero-order valence-corrected chi connectivity index (χ0v) is 15.2. The summed E-state index contributed by atoms with van der Waals surface area (Å²) in [5.41, 5.74) is 1.91. The normalized spacial score (nSPS) is 17.9. The number of carbonyl (C=O) groups excluding carboxylic acids is 2. The molecule has 1 atom stereocenters. The Morgan fingerprint density at radius 1 is 1.36 bits per heavy atom. The van der Waals surface area contributed by atoms with Crippen LogP contribution in [0.4, 0.5) is 0 Å². The van der Waals surface area contributed by atoms with Crippen LogP contribution in [0.15, 0.2) is 23.1 Å². The third kappa shape index (κ3) is 4.55. The van der Waals surface area contributed by atoms with Crippen LogP contribution in [-0.2, 0) is 27.2 Å². The van der Waals surface area contributed by atoms with Crippen LogP contribution in [-0.4, -0.2) is 29.8 Å². The Labute approximate surface area is 152 Å². The molecule has 132 valence electrons. The van der Waals surface area contributed by atoms with Crippen molar-refractivity contribution >= 4 is 23.6 Å². The van der Waals surface area contributed by atoms with Gasteiger partial charge in [0.15, 0.2) is 6.61 Å². The van der Waals surface area contributed by atoms with Gasteiger partial charge < -0.3 is 10.1 Å². The van der Waals surface area contributed by atoms with Crippen molar-refractivity contribution in [3.05, 3.63) is 29.3 Å². The van der Waals surface area contributed by atoms with E-state index >= 15 is 0 Å². The summed E-state index contributed by atoms with van der Waals surface area (Å²) in [6.07, 6.45) is 5.33. The van der Waals surface area contributed by atoms with E-state index in [9.17, 15) is 14.9 Å². The molecule has 1 amide bonds. The highest BCUT2D eigenvalue weighted by molar-refractivity contribution is 8.00. The second-order valence-electron chi connectivity index (χ2n) is 6.87. The van der Waals surface area contributed by atoms with Crippen molar-refractivity contribution in [2.24, 2.45) is 5.92 Å². The van der Waals surface area contributed by atoms with Gasteiger partial charge in [-0.05, 0) is 68.2 Å². The number of nitrogens with zero attached hydrogens (tertiary/aromatic N) is 1.